The Labute approximate surface area is 206 Å². The van der Waals surface area contributed by atoms with E-state index in [-0.39, 0.29) is 17.2 Å². The molecule has 1 unspecified atom stereocenters. The van der Waals surface area contributed by atoms with E-state index < -0.39 is 0 Å². The summed E-state index contributed by atoms with van der Waals surface area (Å²) in [7, 11) is 0. The van der Waals surface area contributed by atoms with Crippen LogP contribution in [0.4, 0.5) is 5.69 Å². The van der Waals surface area contributed by atoms with Gasteiger partial charge in [-0.25, -0.2) is 14.1 Å². The standard InChI is InChI=1S/C25H34N6O2S/c1-5-30(24(32)15(2)16-7-10-33-11-8-16)17-12-19-22(26-14-17)28-23(27-19)21-18-6-9-25(3,4)13-20(18)31(34)29-21/h12,14-16,34H,5-11,13H2,1-4H3,(H,26,27,28). The summed E-state index contributed by atoms with van der Waals surface area (Å²) in [6.45, 7) is 10.7. The minimum atomic E-state index is -0.0491. The van der Waals surface area contributed by atoms with E-state index in [0.29, 0.717) is 23.9 Å². The summed E-state index contributed by atoms with van der Waals surface area (Å²) in [5.74, 6) is 1.15. The van der Waals surface area contributed by atoms with Gasteiger partial charge in [-0.3, -0.25) is 4.79 Å². The van der Waals surface area contributed by atoms with Crippen LogP contribution in [-0.2, 0) is 22.4 Å². The van der Waals surface area contributed by atoms with Gasteiger partial charge < -0.3 is 14.6 Å². The fourth-order valence-electron chi connectivity index (χ4n) is 5.39. The summed E-state index contributed by atoms with van der Waals surface area (Å²) in [6.07, 6.45) is 6.63. The number of amides is 1. The van der Waals surface area contributed by atoms with Crippen LogP contribution < -0.4 is 4.90 Å². The molecule has 0 aromatic carbocycles. The summed E-state index contributed by atoms with van der Waals surface area (Å²) < 4.78 is 7.18. The van der Waals surface area contributed by atoms with E-state index in [1.165, 1.54) is 5.56 Å². The van der Waals surface area contributed by atoms with Crippen LogP contribution in [0.5, 0.6) is 0 Å². The lowest BCUT2D eigenvalue weighted by atomic mass is 9.76. The van der Waals surface area contributed by atoms with Crippen molar-refractivity contribution in [2.24, 2.45) is 17.3 Å². The van der Waals surface area contributed by atoms with Crippen molar-refractivity contribution < 1.29 is 9.53 Å². The zero-order valence-corrected chi connectivity index (χ0v) is 21.4. The van der Waals surface area contributed by atoms with Crippen LogP contribution in [0.3, 0.4) is 0 Å². The number of anilines is 1. The summed E-state index contributed by atoms with van der Waals surface area (Å²) in [6, 6.07) is 1.98. The summed E-state index contributed by atoms with van der Waals surface area (Å²) in [4.78, 5) is 27.9. The highest BCUT2D eigenvalue weighted by Crippen LogP contribution is 2.39. The number of aromatic amines is 1. The second kappa shape index (κ2) is 9.00. The molecule has 1 aliphatic carbocycles. The molecule has 4 heterocycles. The minimum absolute atomic E-state index is 0.0491. The fourth-order valence-corrected chi connectivity index (χ4v) is 5.67. The van der Waals surface area contributed by atoms with E-state index in [1.807, 2.05) is 24.8 Å². The number of hydrogen-bond donors (Lipinski definition) is 2. The highest BCUT2D eigenvalue weighted by Gasteiger charge is 2.32. The molecule has 1 amide bonds. The topological polar surface area (TPSA) is 88.9 Å². The van der Waals surface area contributed by atoms with Gasteiger partial charge in [0.2, 0.25) is 5.91 Å². The van der Waals surface area contributed by atoms with Crippen LogP contribution >= 0.6 is 12.8 Å². The first kappa shape index (κ1) is 23.4. The van der Waals surface area contributed by atoms with Crippen molar-refractivity contribution in [1.29, 1.82) is 0 Å². The van der Waals surface area contributed by atoms with E-state index in [1.54, 1.807) is 10.3 Å². The van der Waals surface area contributed by atoms with Gasteiger partial charge in [-0.2, -0.15) is 5.10 Å². The predicted octanol–water partition coefficient (Wildman–Crippen LogP) is 4.44. The molecule has 8 nitrogen and oxygen atoms in total. The monoisotopic (exact) mass is 482 g/mol. The fraction of sp³-hybridized carbons (Fsp3) is 0.600. The van der Waals surface area contributed by atoms with Crippen molar-refractivity contribution in [3.8, 4) is 11.5 Å². The molecular formula is C25H34N6O2S. The van der Waals surface area contributed by atoms with Crippen molar-refractivity contribution in [1.82, 2.24) is 24.1 Å². The number of hydrogen-bond acceptors (Lipinski definition) is 6. The molecule has 1 saturated heterocycles. The van der Waals surface area contributed by atoms with Gasteiger partial charge in [0.15, 0.2) is 11.5 Å². The van der Waals surface area contributed by atoms with Crippen LogP contribution in [0, 0.1) is 17.3 Å². The molecule has 1 aliphatic heterocycles. The lowest BCUT2D eigenvalue weighted by Crippen LogP contribution is -2.39. The highest BCUT2D eigenvalue weighted by molar-refractivity contribution is 7.78. The van der Waals surface area contributed by atoms with Gasteiger partial charge in [0.05, 0.1) is 23.1 Å². The number of carbonyl (C=O) groups excluding carboxylic acids is 1. The van der Waals surface area contributed by atoms with Crippen LogP contribution in [0.2, 0.25) is 0 Å². The van der Waals surface area contributed by atoms with Gasteiger partial charge in [0.1, 0.15) is 5.69 Å². The molecule has 182 valence electrons. The van der Waals surface area contributed by atoms with Crippen LogP contribution in [-0.4, -0.2) is 49.8 Å². The number of thiol groups is 1. The molecule has 0 radical (unpaired) electrons. The zero-order chi connectivity index (χ0) is 24.0. The first-order chi connectivity index (χ1) is 16.3. The number of H-pyrrole nitrogens is 1. The Morgan fingerprint density at radius 2 is 2.15 bits per heavy atom. The third kappa shape index (κ3) is 4.24. The second-order valence-electron chi connectivity index (χ2n) is 10.5. The number of imidazole rings is 1. The zero-order valence-electron chi connectivity index (χ0n) is 20.5. The smallest absolute Gasteiger partial charge is 0.230 e. The number of nitrogens with zero attached hydrogens (tertiary/aromatic N) is 5. The number of fused-ring (bicyclic) bond motifs is 2. The van der Waals surface area contributed by atoms with E-state index in [4.69, 9.17) is 9.72 Å². The Morgan fingerprint density at radius 1 is 1.38 bits per heavy atom. The molecule has 3 aromatic heterocycles. The number of carbonyl (C=O) groups is 1. The summed E-state index contributed by atoms with van der Waals surface area (Å²) >= 11 is 4.58. The number of pyridine rings is 1. The SMILES string of the molecule is CCN(C(=O)C(C)C1CCOCC1)c1cnc2nc(-c3nn(S)c4c3CCC(C)(C)C4)[nH]c2c1. The van der Waals surface area contributed by atoms with E-state index >= 15 is 0 Å². The van der Waals surface area contributed by atoms with Crippen molar-refractivity contribution in [3.05, 3.63) is 23.5 Å². The Kier molecular flexibility index (Phi) is 6.18. The van der Waals surface area contributed by atoms with Crippen molar-refractivity contribution in [2.45, 2.75) is 59.8 Å². The molecule has 1 atom stereocenters. The number of nitrogens with one attached hydrogen (secondary N) is 1. The molecular weight excluding hydrogens is 448 g/mol. The maximum Gasteiger partial charge on any atom is 0.230 e. The summed E-state index contributed by atoms with van der Waals surface area (Å²) in [5, 5.41) is 4.68. The number of rotatable bonds is 5. The highest BCUT2D eigenvalue weighted by atomic mass is 32.1. The van der Waals surface area contributed by atoms with Crippen LogP contribution in [0.1, 0.15) is 58.2 Å². The average molecular weight is 483 g/mol. The molecule has 1 fully saturated rings. The maximum absolute atomic E-state index is 13.4. The largest absolute Gasteiger partial charge is 0.381 e. The predicted molar refractivity (Wildman–Crippen MR) is 136 cm³/mol. The van der Waals surface area contributed by atoms with E-state index in [9.17, 15) is 4.79 Å². The molecule has 0 bridgehead atoms. The molecule has 2 aliphatic rings. The normalized spacial score (nSPS) is 19.2. The van der Waals surface area contributed by atoms with E-state index in [2.05, 4.69) is 41.7 Å². The quantitative estimate of drug-likeness (QED) is 0.525. The lowest BCUT2D eigenvalue weighted by molar-refractivity contribution is -0.124. The molecule has 3 aromatic rings. The van der Waals surface area contributed by atoms with Gasteiger partial charge in [-0.05, 0) is 69.2 Å². The lowest BCUT2D eigenvalue weighted by Gasteiger charge is -2.31. The third-order valence-corrected chi connectivity index (χ3v) is 7.90. The van der Waals surface area contributed by atoms with Gasteiger partial charge in [-0.1, -0.05) is 20.8 Å². The Hall–Kier alpha value is -2.39. The van der Waals surface area contributed by atoms with Crippen LogP contribution in [0.15, 0.2) is 12.3 Å². The summed E-state index contributed by atoms with van der Waals surface area (Å²) in [5.41, 5.74) is 5.67. The Bertz CT molecular complexity index is 1210. The molecule has 5 rings (SSSR count). The van der Waals surface area contributed by atoms with Crippen LogP contribution in [0.25, 0.3) is 22.7 Å². The minimum Gasteiger partial charge on any atom is -0.381 e. The van der Waals surface area contributed by atoms with E-state index in [0.717, 1.165) is 67.9 Å². The van der Waals surface area contributed by atoms with Crippen molar-refractivity contribution >= 4 is 35.6 Å². The van der Waals surface area contributed by atoms with Gasteiger partial charge in [-0.15, -0.1) is 0 Å². The first-order valence-corrected chi connectivity index (χ1v) is 12.7. The molecule has 34 heavy (non-hydrogen) atoms. The molecule has 0 spiro atoms. The maximum atomic E-state index is 13.4. The number of ether oxygens (including phenoxy) is 1. The first-order valence-electron chi connectivity index (χ1n) is 12.3. The van der Waals surface area contributed by atoms with Crippen molar-refractivity contribution in [3.63, 3.8) is 0 Å². The van der Waals surface area contributed by atoms with Gasteiger partial charge in [0, 0.05) is 31.2 Å². The van der Waals surface area contributed by atoms with Crippen molar-refractivity contribution in [2.75, 3.05) is 24.7 Å². The second-order valence-corrected chi connectivity index (χ2v) is 10.9. The van der Waals surface area contributed by atoms with Gasteiger partial charge >= 0.3 is 0 Å². The average Bonchev–Trinajstić information content (AvgIpc) is 3.39. The molecule has 1 N–H and O–H groups in total. The Morgan fingerprint density at radius 3 is 2.88 bits per heavy atom. The molecule has 9 heteroatoms. The Balaban J connectivity index is 1.44. The number of aromatic nitrogens is 5. The van der Waals surface area contributed by atoms with Gasteiger partial charge in [0.25, 0.3) is 0 Å². The molecule has 0 saturated carbocycles. The third-order valence-electron chi connectivity index (χ3n) is 7.57.